The van der Waals surface area contributed by atoms with Crippen molar-refractivity contribution in [3.63, 3.8) is 0 Å². The van der Waals surface area contributed by atoms with Crippen LogP contribution < -0.4 is 0 Å². The predicted octanol–water partition coefficient (Wildman–Crippen LogP) is 15.5. The molecule has 4 heterocycles. The quantitative estimate of drug-likeness (QED) is 0.173. The molecule has 0 aliphatic rings. The van der Waals surface area contributed by atoms with Gasteiger partial charge < -0.3 is 18.3 Å². The van der Waals surface area contributed by atoms with Crippen LogP contribution >= 0.6 is 0 Å². The third kappa shape index (κ3) is 5.31. The molecule has 0 saturated heterocycles. The molecular formula is C62H36N6. The van der Waals surface area contributed by atoms with Crippen molar-refractivity contribution in [3.05, 3.63) is 230 Å². The van der Waals surface area contributed by atoms with Gasteiger partial charge >= 0.3 is 0 Å². The minimum atomic E-state index is 0.491. The van der Waals surface area contributed by atoms with E-state index in [2.05, 4.69) is 225 Å². The molecule has 0 spiro atoms. The van der Waals surface area contributed by atoms with Crippen molar-refractivity contribution in [1.82, 2.24) is 18.3 Å². The number of hydrogen-bond acceptors (Lipinski definition) is 2. The molecule has 6 nitrogen and oxygen atoms in total. The van der Waals surface area contributed by atoms with Gasteiger partial charge in [-0.15, -0.1) is 0 Å². The highest BCUT2D eigenvalue weighted by Crippen LogP contribution is 2.41. The SMILES string of the molecule is N#Cc1ccc(-n2c3ccccc3c3ccc(-n4c5ccccc5c5ccccc54)cc32)cc1-c1cc(-n2c3ccccc3c3ccc(-n4c5ccccc5c5ccccc54)cc32)ccc1C#N. The molecule has 0 bridgehead atoms. The van der Waals surface area contributed by atoms with Gasteiger partial charge in [0.15, 0.2) is 0 Å². The van der Waals surface area contributed by atoms with Gasteiger partial charge in [-0.05, 0) is 97.1 Å². The van der Waals surface area contributed by atoms with E-state index >= 15 is 0 Å². The van der Waals surface area contributed by atoms with Gasteiger partial charge in [0.1, 0.15) is 0 Å². The minimum Gasteiger partial charge on any atom is -0.309 e. The fourth-order valence-electron chi connectivity index (χ4n) is 11.1. The second kappa shape index (κ2) is 14.4. The zero-order valence-electron chi connectivity index (χ0n) is 36.5. The standard InChI is InChI=1S/C62H36N6/c63-37-39-25-27-41(67-59-23-11-5-17-49(59)51-31-29-43(35-61(51)67)65-55-19-7-1-13-45(55)46-14-2-8-20-56(46)65)33-53(39)54-34-42(28-26-40(54)38-64)68-60-24-12-6-18-50(60)52-32-30-44(36-62(52)68)66-57-21-9-3-15-47(57)48-16-4-10-22-58(48)66/h1-36H. The van der Waals surface area contributed by atoms with Gasteiger partial charge in [-0.25, -0.2) is 0 Å². The lowest BCUT2D eigenvalue weighted by molar-refractivity contribution is 1.15. The monoisotopic (exact) mass is 864 g/mol. The molecule has 4 aromatic heterocycles. The van der Waals surface area contributed by atoms with E-state index in [1.165, 1.54) is 21.5 Å². The Labute approximate surface area is 389 Å². The smallest absolute Gasteiger partial charge is 0.0998 e. The molecule has 10 aromatic carbocycles. The molecular weight excluding hydrogens is 829 g/mol. The molecule has 314 valence electrons. The number of fused-ring (bicyclic) bond motifs is 12. The summed E-state index contributed by atoms with van der Waals surface area (Å²) in [7, 11) is 0. The first-order chi connectivity index (χ1) is 33.7. The Hall–Kier alpha value is -9.62. The largest absolute Gasteiger partial charge is 0.309 e. The summed E-state index contributed by atoms with van der Waals surface area (Å²) in [4.78, 5) is 0. The molecule has 0 N–H and O–H groups in total. The predicted molar refractivity (Wildman–Crippen MR) is 279 cm³/mol. The summed E-state index contributed by atoms with van der Waals surface area (Å²) >= 11 is 0. The number of nitriles is 2. The first-order valence-corrected chi connectivity index (χ1v) is 22.8. The van der Waals surface area contributed by atoms with Crippen LogP contribution in [0.3, 0.4) is 0 Å². The molecule has 0 fully saturated rings. The van der Waals surface area contributed by atoms with E-state index < -0.39 is 0 Å². The summed E-state index contributed by atoms with van der Waals surface area (Å²) in [6.45, 7) is 0. The minimum absolute atomic E-state index is 0.491. The molecule has 0 unspecified atom stereocenters. The molecule has 0 atom stereocenters. The van der Waals surface area contributed by atoms with Gasteiger partial charge in [-0.2, -0.15) is 10.5 Å². The highest BCUT2D eigenvalue weighted by atomic mass is 15.0. The number of aromatic nitrogens is 4. The first-order valence-electron chi connectivity index (χ1n) is 22.8. The van der Waals surface area contributed by atoms with Gasteiger partial charge in [0, 0.05) is 77.0 Å². The molecule has 0 saturated carbocycles. The Kier molecular flexibility index (Phi) is 8.01. The Morgan fingerprint density at radius 3 is 0.765 bits per heavy atom. The molecule has 14 rings (SSSR count). The van der Waals surface area contributed by atoms with Crippen LogP contribution in [0.4, 0.5) is 0 Å². The maximum absolute atomic E-state index is 10.8. The summed E-state index contributed by atoms with van der Waals surface area (Å²) in [5, 5.41) is 30.9. The molecule has 0 radical (unpaired) electrons. The molecule has 0 aliphatic heterocycles. The maximum atomic E-state index is 10.8. The first kappa shape index (κ1) is 37.7. The summed E-state index contributed by atoms with van der Waals surface area (Å²) < 4.78 is 9.29. The summed E-state index contributed by atoms with van der Waals surface area (Å²) in [6, 6.07) is 81.8. The Morgan fingerprint density at radius 2 is 0.471 bits per heavy atom. The number of rotatable bonds is 5. The zero-order valence-corrected chi connectivity index (χ0v) is 36.5. The van der Waals surface area contributed by atoms with Crippen molar-refractivity contribution in [2.45, 2.75) is 0 Å². The van der Waals surface area contributed by atoms with E-state index in [9.17, 15) is 10.5 Å². The lowest BCUT2D eigenvalue weighted by Crippen LogP contribution is -2.00. The van der Waals surface area contributed by atoms with Crippen LogP contribution in [0.5, 0.6) is 0 Å². The van der Waals surface area contributed by atoms with Crippen molar-refractivity contribution >= 4 is 87.2 Å². The Morgan fingerprint density at radius 1 is 0.235 bits per heavy atom. The number of para-hydroxylation sites is 6. The number of benzene rings is 10. The van der Waals surface area contributed by atoms with Crippen molar-refractivity contribution < 1.29 is 0 Å². The van der Waals surface area contributed by atoms with Gasteiger partial charge in [-0.3, -0.25) is 0 Å². The van der Waals surface area contributed by atoms with Gasteiger partial charge in [-0.1, -0.05) is 121 Å². The highest BCUT2D eigenvalue weighted by molar-refractivity contribution is 6.14. The van der Waals surface area contributed by atoms with E-state index in [-0.39, 0.29) is 0 Å². The van der Waals surface area contributed by atoms with Crippen LogP contribution in [0.25, 0.3) is 121 Å². The van der Waals surface area contributed by atoms with E-state index in [1.807, 2.05) is 24.3 Å². The van der Waals surface area contributed by atoms with Crippen LogP contribution in [0.15, 0.2) is 218 Å². The summed E-state index contributed by atoms with van der Waals surface area (Å²) in [5.74, 6) is 0. The van der Waals surface area contributed by atoms with Crippen LogP contribution in [0.1, 0.15) is 11.1 Å². The molecule has 6 heteroatoms. The average molecular weight is 865 g/mol. The van der Waals surface area contributed by atoms with E-state index in [0.717, 1.165) is 88.4 Å². The van der Waals surface area contributed by atoms with Gasteiger partial charge in [0.2, 0.25) is 0 Å². The van der Waals surface area contributed by atoms with E-state index in [1.54, 1.807) is 0 Å². The van der Waals surface area contributed by atoms with E-state index in [0.29, 0.717) is 22.3 Å². The van der Waals surface area contributed by atoms with Crippen molar-refractivity contribution in [1.29, 1.82) is 10.5 Å². The topological polar surface area (TPSA) is 67.3 Å². The van der Waals surface area contributed by atoms with Crippen molar-refractivity contribution in [2.75, 3.05) is 0 Å². The maximum Gasteiger partial charge on any atom is 0.0998 e. The third-order valence-electron chi connectivity index (χ3n) is 14.0. The normalized spacial score (nSPS) is 11.8. The lowest BCUT2D eigenvalue weighted by atomic mass is 9.95. The van der Waals surface area contributed by atoms with Crippen LogP contribution in [-0.4, -0.2) is 18.3 Å². The summed E-state index contributed by atoms with van der Waals surface area (Å²) in [6.07, 6.45) is 0. The molecule has 0 amide bonds. The van der Waals surface area contributed by atoms with Gasteiger partial charge in [0.05, 0.1) is 67.4 Å². The average Bonchev–Trinajstić information content (AvgIpc) is 4.13. The van der Waals surface area contributed by atoms with Crippen LogP contribution in [0, 0.1) is 22.7 Å². The van der Waals surface area contributed by atoms with E-state index in [4.69, 9.17) is 0 Å². The third-order valence-corrected chi connectivity index (χ3v) is 14.0. The fourth-order valence-corrected chi connectivity index (χ4v) is 11.1. The Bertz CT molecular complexity index is 4140. The van der Waals surface area contributed by atoms with Gasteiger partial charge in [0.25, 0.3) is 0 Å². The number of nitrogens with zero attached hydrogens (tertiary/aromatic N) is 6. The zero-order chi connectivity index (χ0) is 45.0. The van der Waals surface area contributed by atoms with Crippen LogP contribution in [-0.2, 0) is 0 Å². The molecule has 14 aromatic rings. The van der Waals surface area contributed by atoms with Crippen molar-refractivity contribution in [2.24, 2.45) is 0 Å². The van der Waals surface area contributed by atoms with Crippen molar-refractivity contribution in [3.8, 4) is 46.0 Å². The second-order valence-corrected chi connectivity index (χ2v) is 17.5. The lowest BCUT2D eigenvalue weighted by Gasteiger charge is -2.16. The number of hydrogen-bond donors (Lipinski definition) is 0. The van der Waals surface area contributed by atoms with Crippen LogP contribution in [0.2, 0.25) is 0 Å². The Balaban J connectivity index is 0.980. The second-order valence-electron chi connectivity index (χ2n) is 17.5. The summed E-state index contributed by atoms with van der Waals surface area (Å²) in [5.41, 5.74) is 15.0. The highest BCUT2D eigenvalue weighted by Gasteiger charge is 2.21. The molecule has 68 heavy (non-hydrogen) atoms. The fraction of sp³-hybridized carbons (Fsp3) is 0. The molecule has 0 aliphatic carbocycles.